The fourth-order valence-electron chi connectivity index (χ4n) is 2.50. The maximum Gasteiger partial charge on any atom is 0.251 e. The molecule has 0 aromatic rings. The molecule has 2 aliphatic rings. The van der Waals surface area contributed by atoms with Crippen LogP contribution in [0, 0.1) is 5.92 Å². The van der Waals surface area contributed by atoms with E-state index in [0.29, 0.717) is 0 Å². The third-order valence-corrected chi connectivity index (χ3v) is 3.70. The van der Waals surface area contributed by atoms with Crippen molar-refractivity contribution in [3.8, 4) is 0 Å². The molecule has 2 heterocycles. The summed E-state index contributed by atoms with van der Waals surface area (Å²) >= 11 is 0. The van der Waals surface area contributed by atoms with Crippen LogP contribution in [0.1, 0.15) is 32.6 Å². The van der Waals surface area contributed by atoms with Gasteiger partial charge in [0.05, 0.1) is 0 Å². The number of hydrogen-bond acceptors (Lipinski definition) is 3. The van der Waals surface area contributed by atoms with Gasteiger partial charge in [0.1, 0.15) is 5.60 Å². The van der Waals surface area contributed by atoms with Gasteiger partial charge in [-0.15, -0.1) is 0 Å². The van der Waals surface area contributed by atoms with Crippen LogP contribution in [0.2, 0.25) is 0 Å². The van der Waals surface area contributed by atoms with Gasteiger partial charge in [0.15, 0.2) is 0 Å². The molecule has 2 atom stereocenters. The Bertz CT molecular complexity index is 243. The molecule has 2 unspecified atom stereocenters. The molecule has 2 rings (SSSR count). The number of amides is 1. The van der Waals surface area contributed by atoms with Crippen molar-refractivity contribution in [3.05, 3.63) is 0 Å². The summed E-state index contributed by atoms with van der Waals surface area (Å²) in [6.45, 7) is 5.62. The molecule has 92 valence electrons. The molecule has 2 N–H and O–H groups in total. The van der Waals surface area contributed by atoms with Crippen molar-refractivity contribution < 1.29 is 9.53 Å². The van der Waals surface area contributed by atoms with Crippen LogP contribution in [0.5, 0.6) is 0 Å². The first kappa shape index (κ1) is 11.9. The maximum absolute atomic E-state index is 11.9. The first-order chi connectivity index (χ1) is 7.71. The molecular formula is C12H22N2O2. The third-order valence-electron chi connectivity index (χ3n) is 3.70. The molecule has 0 aromatic carbocycles. The topological polar surface area (TPSA) is 50.4 Å². The Labute approximate surface area is 97.1 Å². The normalized spacial score (nSPS) is 34.2. The molecule has 16 heavy (non-hydrogen) atoms. The van der Waals surface area contributed by atoms with Gasteiger partial charge in [-0.05, 0) is 51.6 Å². The van der Waals surface area contributed by atoms with Gasteiger partial charge in [-0.3, -0.25) is 4.79 Å². The van der Waals surface area contributed by atoms with Crippen molar-refractivity contribution in [2.75, 3.05) is 26.2 Å². The van der Waals surface area contributed by atoms with Crippen LogP contribution < -0.4 is 10.6 Å². The monoisotopic (exact) mass is 226 g/mol. The highest BCUT2D eigenvalue weighted by atomic mass is 16.5. The first-order valence-electron chi connectivity index (χ1n) is 6.34. The zero-order valence-electron chi connectivity index (χ0n) is 10.1. The highest BCUT2D eigenvalue weighted by Crippen LogP contribution is 2.25. The van der Waals surface area contributed by atoms with Crippen molar-refractivity contribution >= 4 is 5.91 Å². The molecule has 4 heteroatoms. The van der Waals surface area contributed by atoms with Crippen LogP contribution >= 0.6 is 0 Å². The second kappa shape index (κ2) is 5.15. The van der Waals surface area contributed by atoms with E-state index in [1.807, 2.05) is 6.92 Å². The zero-order chi connectivity index (χ0) is 11.4. The largest absolute Gasteiger partial charge is 0.365 e. The summed E-state index contributed by atoms with van der Waals surface area (Å²) in [5.41, 5.74) is -0.562. The van der Waals surface area contributed by atoms with E-state index in [9.17, 15) is 4.79 Å². The number of ether oxygens (including phenoxy) is 1. The predicted octanol–water partition coefficient (Wildman–Crippen LogP) is 0.671. The van der Waals surface area contributed by atoms with E-state index < -0.39 is 5.60 Å². The molecule has 2 fully saturated rings. The van der Waals surface area contributed by atoms with Crippen LogP contribution in [0.4, 0.5) is 0 Å². The van der Waals surface area contributed by atoms with Crippen LogP contribution in [0.25, 0.3) is 0 Å². The summed E-state index contributed by atoms with van der Waals surface area (Å²) in [4.78, 5) is 11.9. The molecule has 0 aromatic heterocycles. The molecule has 0 saturated carbocycles. The fourth-order valence-corrected chi connectivity index (χ4v) is 2.50. The summed E-state index contributed by atoms with van der Waals surface area (Å²) in [5, 5.41) is 6.34. The predicted molar refractivity (Wildman–Crippen MR) is 62.2 cm³/mol. The van der Waals surface area contributed by atoms with Gasteiger partial charge >= 0.3 is 0 Å². The van der Waals surface area contributed by atoms with Crippen molar-refractivity contribution in [1.29, 1.82) is 0 Å². The highest BCUT2D eigenvalue weighted by Gasteiger charge is 2.37. The Morgan fingerprint density at radius 2 is 2.50 bits per heavy atom. The lowest BCUT2D eigenvalue weighted by Crippen LogP contribution is -2.44. The lowest BCUT2D eigenvalue weighted by molar-refractivity contribution is -0.139. The molecule has 0 aliphatic carbocycles. The number of carbonyl (C=O) groups excluding carboxylic acids is 1. The van der Waals surface area contributed by atoms with E-state index in [1.165, 1.54) is 6.42 Å². The van der Waals surface area contributed by atoms with Gasteiger partial charge in [-0.25, -0.2) is 0 Å². The van der Waals surface area contributed by atoms with Crippen LogP contribution in [0.15, 0.2) is 0 Å². The Morgan fingerprint density at radius 3 is 3.12 bits per heavy atom. The summed E-state index contributed by atoms with van der Waals surface area (Å²) < 4.78 is 5.50. The molecule has 1 amide bonds. The number of nitrogens with one attached hydrogen (secondary N) is 2. The van der Waals surface area contributed by atoms with E-state index in [0.717, 1.165) is 51.4 Å². The Kier molecular flexibility index (Phi) is 3.82. The van der Waals surface area contributed by atoms with Gasteiger partial charge < -0.3 is 15.4 Å². The minimum absolute atomic E-state index is 0.0657. The van der Waals surface area contributed by atoms with Crippen molar-refractivity contribution in [1.82, 2.24) is 10.6 Å². The minimum atomic E-state index is -0.562. The average Bonchev–Trinajstić information content (AvgIpc) is 2.90. The van der Waals surface area contributed by atoms with Crippen molar-refractivity contribution in [2.24, 2.45) is 5.92 Å². The zero-order valence-corrected chi connectivity index (χ0v) is 10.1. The molecule has 2 aliphatic heterocycles. The number of carbonyl (C=O) groups is 1. The Morgan fingerprint density at radius 1 is 1.62 bits per heavy atom. The molecule has 2 saturated heterocycles. The molecule has 0 bridgehead atoms. The average molecular weight is 226 g/mol. The van der Waals surface area contributed by atoms with Crippen LogP contribution in [-0.2, 0) is 9.53 Å². The smallest absolute Gasteiger partial charge is 0.251 e. The fraction of sp³-hybridized carbons (Fsp3) is 0.917. The molecule has 0 spiro atoms. The summed E-state index contributed by atoms with van der Waals surface area (Å²) in [6, 6.07) is 0. The van der Waals surface area contributed by atoms with E-state index >= 15 is 0 Å². The van der Waals surface area contributed by atoms with Gasteiger partial charge in [0, 0.05) is 13.2 Å². The number of hydrogen-bond donors (Lipinski definition) is 2. The summed E-state index contributed by atoms with van der Waals surface area (Å²) in [5.74, 6) is 0.800. The Hall–Kier alpha value is -0.610. The maximum atomic E-state index is 11.9. The van der Waals surface area contributed by atoms with Gasteiger partial charge in [0.25, 0.3) is 5.91 Å². The third kappa shape index (κ3) is 2.74. The molecule has 0 radical (unpaired) electrons. The lowest BCUT2D eigenvalue weighted by atomic mass is 10.0. The van der Waals surface area contributed by atoms with Crippen LogP contribution in [0.3, 0.4) is 0 Å². The van der Waals surface area contributed by atoms with E-state index in [-0.39, 0.29) is 5.91 Å². The van der Waals surface area contributed by atoms with E-state index in [4.69, 9.17) is 4.74 Å². The van der Waals surface area contributed by atoms with Crippen molar-refractivity contribution in [3.63, 3.8) is 0 Å². The summed E-state index contributed by atoms with van der Waals surface area (Å²) in [6.07, 6.45) is 4.17. The lowest BCUT2D eigenvalue weighted by Gasteiger charge is -2.22. The van der Waals surface area contributed by atoms with Crippen molar-refractivity contribution in [2.45, 2.75) is 38.2 Å². The minimum Gasteiger partial charge on any atom is -0.365 e. The first-order valence-corrected chi connectivity index (χ1v) is 6.34. The Balaban J connectivity index is 1.67. The molecule has 4 nitrogen and oxygen atoms in total. The number of rotatable bonds is 4. The van der Waals surface area contributed by atoms with E-state index in [1.54, 1.807) is 0 Å². The highest BCUT2D eigenvalue weighted by molar-refractivity contribution is 5.84. The second-order valence-electron chi connectivity index (χ2n) is 5.09. The second-order valence-corrected chi connectivity index (χ2v) is 5.09. The SMILES string of the molecule is CC1(C(=O)NCCC2CCNC2)CCCO1. The molecular weight excluding hydrogens is 204 g/mol. The van der Waals surface area contributed by atoms with Gasteiger partial charge in [-0.2, -0.15) is 0 Å². The van der Waals surface area contributed by atoms with Gasteiger partial charge in [0.2, 0.25) is 0 Å². The van der Waals surface area contributed by atoms with Crippen LogP contribution in [-0.4, -0.2) is 37.7 Å². The quantitative estimate of drug-likeness (QED) is 0.741. The van der Waals surface area contributed by atoms with E-state index in [2.05, 4.69) is 10.6 Å². The summed E-state index contributed by atoms with van der Waals surface area (Å²) in [7, 11) is 0. The standard InChI is InChI=1S/C12H22N2O2/c1-12(5-2-8-16-12)11(15)14-7-4-10-3-6-13-9-10/h10,13H,2-9H2,1H3,(H,14,15). The van der Waals surface area contributed by atoms with Gasteiger partial charge in [-0.1, -0.05) is 0 Å².